The Hall–Kier alpha value is -2.89. The number of hydrogen-bond donors (Lipinski definition) is 1. The SMILES string of the molecule is O=C(NOI)c1ccc(CN(C(=O)N2CCOCC2)c2cccc(-c3ccoc3)c2)cc1. The van der Waals surface area contributed by atoms with E-state index in [0.717, 1.165) is 22.4 Å². The summed E-state index contributed by atoms with van der Waals surface area (Å²) in [5, 5.41) is 0. The maximum atomic E-state index is 13.5. The largest absolute Gasteiger partial charge is 0.472 e. The molecule has 0 saturated carbocycles. The molecule has 3 aromatic rings. The highest BCUT2D eigenvalue weighted by atomic mass is 127. The molecule has 1 aromatic heterocycles. The normalized spacial score (nSPS) is 13.6. The molecule has 2 aromatic carbocycles. The van der Waals surface area contributed by atoms with Crippen molar-refractivity contribution in [3.63, 3.8) is 0 Å². The Labute approximate surface area is 199 Å². The highest BCUT2D eigenvalue weighted by molar-refractivity contribution is 14.1. The number of nitrogens with zero attached hydrogens (tertiary/aromatic N) is 2. The van der Waals surface area contributed by atoms with Gasteiger partial charge in [-0.05, 0) is 41.5 Å². The van der Waals surface area contributed by atoms with E-state index in [4.69, 9.17) is 9.15 Å². The first-order valence-corrected chi connectivity index (χ1v) is 11.0. The average molecular weight is 547 g/mol. The molecular weight excluding hydrogens is 525 g/mol. The van der Waals surface area contributed by atoms with E-state index in [1.54, 1.807) is 57.5 Å². The van der Waals surface area contributed by atoms with Crippen LogP contribution in [0.3, 0.4) is 0 Å². The van der Waals surface area contributed by atoms with E-state index in [1.807, 2.05) is 42.5 Å². The summed E-state index contributed by atoms with van der Waals surface area (Å²) in [5.41, 5.74) is 6.33. The fraction of sp³-hybridized carbons (Fsp3) is 0.217. The molecule has 0 spiro atoms. The van der Waals surface area contributed by atoms with Crippen LogP contribution >= 0.6 is 23.0 Å². The maximum Gasteiger partial charge on any atom is 0.324 e. The van der Waals surface area contributed by atoms with Crippen LogP contribution < -0.4 is 10.4 Å². The first-order chi connectivity index (χ1) is 15.7. The van der Waals surface area contributed by atoms with Gasteiger partial charge in [-0.2, -0.15) is 0 Å². The Morgan fingerprint density at radius 1 is 1.06 bits per heavy atom. The van der Waals surface area contributed by atoms with Crippen LogP contribution in [0.5, 0.6) is 0 Å². The number of hydrogen-bond acceptors (Lipinski definition) is 5. The number of furan rings is 1. The number of urea groups is 1. The molecule has 1 N–H and O–H groups in total. The second-order valence-electron chi connectivity index (χ2n) is 7.24. The van der Waals surface area contributed by atoms with E-state index in [-0.39, 0.29) is 11.9 Å². The molecule has 8 nitrogen and oxygen atoms in total. The third-order valence-corrected chi connectivity index (χ3v) is 5.43. The van der Waals surface area contributed by atoms with Gasteiger partial charge in [0.05, 0.1) is 32.3 Å². The van der Waals surface area contributed by atoms with Crippen LogP contribution in [-0.4, -0.2) is 43.1 Å². The second kappa shape index (κ2) is 10.6. The number of ether oxygens (including phenoxy) is 1. The minimum absolute atomic E-state index is 0.0854. The van der Waals surface area contributed by atoms with Crippen molar-refractivity contribution in [1.82, 2.24) is 10.4 Å². The van der Waals surface area contributed by atoms with E-state index in [1.165, 1.54) is 0 Å². The minimum Gasteiger partial charge on any atom is -0.472 e. The van der Waals surface area contributed by atoms with Gasteiger partial charge in [0.25, 0.3) is 5.91 Å². The number of amides is 3. The van der Waals surface area contributed by atoms with Crippen LogP contribution in [0.2, 0.25) is 0 Å². The molecule has 166 valence electrons. The standard InChI is InChI=1S/C23H22IN3O5/c24-32-25-22(28)18-6-4-17(5-7-18)15-27(23(29)26-9-12-30-13-10-26)21-3-1-2-19(14-21)20-8-11-31-16-20/h1-8,11,14,16H,9-10,12-13,15H2,(H,25,28). The molecule has 2 heterocycles. The predicted molar refractivity (Wildman–Crippen MR) is 127 cm³/mol. The summed E-state index contributed by atoms with van der Waals surface area (Å²) in [4.78, 5) is 28.9. The van der Waals surface area contributed by atoms with Crippen LogP contribution in [0, 0.1) is 0 Å². The van der Waals surface area contributed by atoms with E-state index >= 15 is 0 Å². The van der Waals surface area contributed by atoms with Gasteiger partial charge in [-0.15, -0.1) is 0 Å². The molecule has 1 aliphatic rings. The Morgan fingerprint density at radius 3 is 2.53 bits per heavy atom. The van der Waals surface area contributed by atoms with Gasteiger partial charge in [0.2, 0.25) is 0 Å². The Morgan fingerprint density at radius 2 is 1.84 bits per heavy atom. The van der Waals surface area contributed by atoms with Crippen LogP contribution in [0.1, 0.15) is 15.9 Å². The number of anilines is 1. The van der Waals surface area contributed by atoms with E-state index in [0.29, 0.717) is 38.4 Å². The molecular formula is C23H22IN3O5. The smallest absolute Gasteiger partial charge is 0.324 e. The van der Waals surface area contributed by atoms with Gasteiger partial charge in [-0.3, -0.25) is 9.69 Å². The molecule has 3 amide bonds. The summed E-state index contributed by atoms with van der Waals surface area (Å²) in [6.45, 7) is 2.50. The molecule has 0 unspecified atom stereocenters. The second-order valence-corrected chi connectivity index (χ2v) is 7.68. The Kier molecular flexibility index (Phi) is 7.40. The fourth-order valence-corrected chi connectivity index (χ4v) is 3.71. The van der Waals surface area contributed by atoms with E-state index in [9.17, 15) is 9.59 Å². The van der Waals surface area contributed by atoms with Gasteiger partial charge in [0.15, 0.2) is 0 Å². The lowest BCUT2D eigenvalue weighted by Crippen LogP contribution is -2.48. The number of morpholine rings is 1. The predicted octanol–water partition coefficient (Wildman–Crippen LogP) is 4.42. The topological polar surface area (TPSA) is 84.2 Å². The quantitative estimate of drug-likeness (QED) is 0.365. The zero-order chi connectivity index (χ0) is 22.3. The molecule has 9 heteroatoms. The highest BCUT2D eigenvalue weighted by Gasteiger charge is 2.25. The fourth-order valence-electron chi connectivity index (χ4n) is 3.51. The van der Waals surface area contributed by atoms with Gasteiger partial charge in [0.1, 0.15) is 23.0 Å². The number of carbonyl (C=O) groups is 2. The molecule has 0 atom stereocenters. The summed E-state index contributed by atoms with van der Waals surface area (Å²) < 4.78 is 15.3. The minimum atomic E-state index is -0.333. The van der Waals surface area contributed by atoms with Gasteiger partial charge >= 0.3 is 6.03 Å². The van der Waals surface area contributed by atoms with Crippen molar-refractivity contribution in [3.05, 3.63) is 78.3 Å². The molecule has 1 fully saturated rings. The lowest BCUT2D eigenvalue weighted by Gasteiger charge is -2.33. The molecule has 0 radical (unpaired) electrons. The highest BCUT2D eigenvalue weighted by Crippen LogP contribution is 2.27. The van der Waals surface area contributed by atoms with Crippen molar-refractivity contribution in [3.8, 4) is 11.1 Å². The van der Waals surface area contributed by atoms with Crippen LogP contribution in [-0.2, 0) is 14.4 Å². The van der Waals surface area contributed by atoms with E-state index in [2.05, 4.69) is 8.65 Å². The summed E-state index contributed by atoms with van der Waals surface area (Å²) in [7, 11) is 0. The van der Waals surface area contributed by atoms with Crippen molar-refractivity contribution < 1.29 is 21.9 Å². The number of carbonyl (C=O) groups excluding carboxylic acids is 2. The first kappa shape index (κ1) is 22.3. The lowest BCUT2D eigenvalue weighted by molar-refractivity contribution is 0.0548. The number of benzene rings is 2. The van der Waals surface area contributed by atoms with Gasteiger partial charge in [0, 0.05) is 29.9 Å². The van der Waals surface area contributed by atoms with E-state index < -0.39 is 0 Å². The zero-order valence-electron chi connectivity index (χ0n) is 17.2. The number of rotatable bonds is 6. The van der Waals surface area contributed by atoms with Crippen molar-refractivity contribution in [2.24, 2.45) is 0 Å². The third kappa shape index (κ3) is 5.29. The lowest BCUT2D eigenvalue weighted by atomic mass is 10.1. The molecule has 32 heavy (non-hydrogen) atoms. The van der Waals surface area contributed by atoms with Crippen LogP contribution in [0.15, 0.2) is 71.5 Å². The summed E-state index contributed by atoms with van der Waals surface area (Å²) >= 11 is 1.60. The van der Waals surface area contributed by atoms with Gasteiger partial charge in [-0.1, -0.05) is 24.3 Å². The summed E-state index contributed by atoms with van der Waals surface area (Å²) in [6, 6.07) is 16.7. The molecule has 1 saturated heterocycles. The zero-order valence-corrected chi connectivity index (χ0v) is 19.4. The van der Waals surface area contributed by atoms with Crippen molar-refractivity contribution in [2.45, 2.75) is 6.54 Å². The molecule has 1 aliphatic heterocycles. The van der Waals surface area contributed by atoms with Crippen molar-refractivity contribution >= 4 is 40.6 Å². The monoisotopic (exact) mass is 547 g/mol. The molecule has 0 bridgehead atoms. The third-order valence-electron chi connectivity index (χ3n) is 5.21. The summed E-state index contributed by atoms with van der Waals surface area (Å²) in [6.07, 6.45) is 3.30. The molecule has 0 aliphatic carbocycles. The number of hydroxylamine groups is 1. The number of halogens is 1. The number of nitrogens with one attached hydrogen (secondary N) is 1. The Balaban J connectivity index is 1.62. The van der Waals surface area contributed by atoms with Crippen LogP contribution in [0.25, 0.3) is 11.1 Å². The van der Waals surface area contributed by atoms with Gasteiger partial charge in [-0.25, -0.2) is 13.4 Å². The van der Waals surface area contributed by atoms with Gasteiger partial charge < -0.3 is 14.1 Å². The first-order valence-electron chi connectivity index (χ1n) is 10.1. The summed E-state index contributed by atoms with van der Waals surface area (Å²) in [5.74, 6) is -0.333. The molecule has 4 rings (SSSR count). The maximum absolute atomic E-state index is 13.5. The Bertz CT molecular complexity index is 1050. The van der Waals surface area contributed by atoms with Crippen LogP contribution in [0.4, 0.5) is 10.5 Å². The average Bonchev–Trinajstić information content (AvgIpc) is 3.38. The van der Waals surface area contributed by atoms with Crippen molar-refractivity contribution in [1.29, 1.82) is 0 Å². The van der Waals surface area contributed by atoms with Crippen molar-refractivity contribution in [2.75, 3.05) is 31.2 Å².